The van der Waals surface area contributed by atoms with E-state index in [1.54, 1.807) is 14.2 Å². The predicted molar refractivity (Wildman–Crippen MR) is 179 cm³/mol. The van der Waals surface area contributed by atoms with Gasteiger partial charge in [-0.05, 0) is 51.9 Å². The highest BCUT2D eigenvalue weighted by Crippen LogP contribution is 2.39. The van der Waals surface area contributed by atoms with Crippen LogP contribution in [0.4, 0.5) is 4.79 Å². The van der Waals surface area contributed by atoms with Crippen molar-refractivity contribution in [2.24, 2.45) is 0 Å². The second-order valence-electron chi connectivity index (χ2n) is 12.1. The van der Waals surface area contributed by atoms with Crippen LogP contribution in [0.5, 0.6) is 11.5 Å². The first-order chi connectivity index (χ1) is 23.0. The van der Waals surface area contributed by atoms with Crippen LogP contribution >= 0.6 is 0 Å². The first-order valence-electron chi connectivity index (χ1n) is 16.1. The molecule has 2 aliphatic rings. The Morgan fingerprint density at radius 2 is 1.43 bits per heavy atom. The number of hydrogen-bond donors (Lipinski definition) is 3. The third kappa shape index (κ3) is 8.31. The number of fused-ring (bicyclic) bond motifs is 1. The zero-order valence-electron chi connectivity index (χ0n) is 27.0. The molecule has 0 aromatic heterocycles. The molecule has 2 aliphatic heterocycles. The fourth-order valence-corrected chi connectivity index (χ4v) is 6.23. The van der Waals surface area contributed by atoms with Crippen LogP contribution in [-0.2, 0) is 42.1 Å². The molecule has 1 saturated heterocycles. The van der Waals surface area contributed by atoms with E-state index in [1.165, 1.54) is 11.1 Å². The molecule has 4 aromatic rings. The van der Waals surface area contributed by atoms with Crippen molar-refractivity contribution in [3.8, 4) is 11.5 Å². The normalized spacial score (nSPS) is 19.4. The number of nitrogens with zero attached hydrogens (tertiary/aromatic N) is 1. The van der Waals surface area contributed by atoms with Gasteiger partial charge >= 0.3 is 6.03 Å². The standard InChI is InChI=1S/C38H43N3O6/c1-44-35-18-31-16-17-41(23-32(31)19-36(35)45-2)24-33-20-34(29-12-10-28(25-42)11-13-29)47-37(46-33)30-14-8-27(9-15-30)22-40-38(43)39-21-26-6-4-3-5-7-26/h3-15,18-19,33-34,37,42H,16-17,20-25H2,1-2H3,(H2,39,40,43)/t33-,34+,37+/m1/s1. The highest BCUT2D eigenvalue weighted by atomic mass is 16.7. The van der Waals surface area contributed by atoms with Gasteiger partial charge in [-0.15, -0.1) is 0 Å². The topological polar surface area (TPSA) is 102 Å². The van der Waals surface area contributed by atoms with Crippen molar-refractivity contribution in [1.82, 2.24) is 15.5 Å². The summed E-state index contributed by atoms with van der Waals surface area (Å²) in [6, 6.07) is 29.7. The molecule has 0 spiro atoms. The number of benzene rings is 4. The fourth-order valence-electron chi connectivity index (χ4n) is 6.23. The summed E-state index contributed by atoms with van der Waals surface area (Å²) < 4.78 is 24.3. The highest BCUT2D eigenvalue weighted by molar-refractivity contribution is 5.73. The van der Waals surface area contributed by atoms with E-state index in [9.17, 15) is 9.90 Å². The van der Waals surface area contributed by atoms with Crippen LogP contribution in [0.2, 0.25) is 0 Å². The Morgan fingerprint density at radius 1 is 0.809 bits per heavy atom. The molecule has 1 fully saturated rings. The third-order valence-corrected chi connectivity index (χ3v) is 8.87. The van der Waals surface area contributed by atoms with E-state index in [-0.39, 0.29) is 24.8 Å². The molecule has 2 amide bonds. The lowest BCUT2D eigenvalue weighted by Gasteiger charge is -2.39. The van der Waals surface area contributed by atoms with Crippen LogP contribution < -0.4 is 20.1 Å². The summed E-state index contributed by atoms with van der Waals surface area (Å²) >= 11 is 0. The first kappa shape index (κ1) is 32.5. The van der Waals surface area contributed by atoms with Crippen molar-refractivity contribution in [2.45, 2.75) is 57.6 Å². The van der Waals surface area contributed by atoms with Crippen molar-refractivity contribution >= 4 is 6.03 Å². The van der Waals surface area contributed by atoms with Crippen molar-refractivity contribution in [3.05, 3.63) is 130 Å². The van der Waals surface area contributed by atoms with Crippen LogP contribution in [0.1, 0.15) is 57.8 Å². The number of ether oxygens (including phenoxy) is 4. The zero-order valence-corrected chi connectivity index (χ0v) is 27.0. The number of carbonyl (C=O) groups is 1. The van der Waals surface area contributed by atoms with E-state index < -0.39 is 6.29 Å². The molecule has 0 saturated carbocycles. The zero-order chi connectivity index (χ0) is 32.6. The van der Waals surface area contributed by atoms with E-state index in [1.807, 2.05) is 78.9 Å². The molecule has 9 nitrogen and oxygen atoms in total. The Morgan fingerprint density at radius 3 is 2.09 bits per heavy atom. The van der Waals surface area contributed by atoms with Gasteiger partial charge in [-0.3, -0.25) is 4.90 Å². The van der Waals surface area contributed by atoms with Gasteiger partial charge in [0.25, 0.3) is 0 Å². The predicted octanol–water partition coefficient (Wildman–Crippen LogP) is 5.80. The molecule has 4 aromatic carbocycles. The van der Waals surface area contributed by atoms with Gasteiger partial charge in [-0.1, -0.05) is 78.9 Å². The largest absolute Gasteiger partial charge is 0.493 e. The van der Waals surface area contributed by atoms with Gasteiger partial charge in [0.1, 0.15) is 0 Å². The number of aliphatic hydroxyl groups is 1. The lowest BCUT2D eigenvalue weighted by molar-refractivity contribution is -0.253. The second kappa shape index (κ2) is 15.5. The van der Waals surface area contributed by atoms with E-state index in [0.29, 0.717) is 19.5 Å². The summed E-state index contributed by atoms with van der Waals surface area (Å²) in [5.41, 5.74) is 7.40. The average Bonchev–Trinajstić information content (AvgIpc) is 3.13. The lowest BCUT2D eigenvalue weighted by atomic mass is 9.97. The summed E-state index contributed by atoms with van der Waals surface area (Å²) in [6.07, 6.45) is 0.863. The van der Waals surface area contributed by atoms with Gasteiger partial charge in [0.2, 0.25) is 0 Å². The molecule has 0 radical (unpaired) electrons. The van der Waals surface area contributed by atoms with E-state index in [0.717, 1.165) is 65.4 Å². The summed E-state index contributed by atoms with van der Waals surface area (Å²) in [5, 5.41) is 15.4. The number of amides is 2. The molecule has 9 heteroatoms. The Bertz CT molecular complexity index is 1610. The summed E-state index contributed by atoms with van der Waals surface area (Å²) in [6.45, 7) is 3.37. The van der Waals surface area contributed by atoms with Crippen molar-refractivity contribution in [3.63, 3.8) is 0 Å². The molecular formula is C38H43N3O6. The van der Waals surface area contributed by atoms with Crippen LogP contribution in [0, 0.1) is 0 Å². The van der Waals surface area contributed by atoms with Gasteiger partial charge in [-0.2, -0.15) is 0 Å². The SMILES string of the molecule is COc1cc2c(cc1OC)CN(C[C@H]1C[C@@H](c3ccc(CO)cc3)O[C@@H](c3ccc(CNC(=O)NCc4ccccc4)cc3)O1)CC2. The Balaban J connectivity index is 1.11. The maximum atomic E-state index is 12.4. The molecule has 47 heavy (non-hydrogen) atoms. The van der Waals surface area contributed by atoms with Crippen molar-refractivity contribution in [1.29, 1.82) is 0 Å². The van der Waals surface area contributed by atoms with Crippen molar-refractivity contribution < 1.29 is 28.8 Å². The minimum atomic E-state index is -0.547. The Labute approximate surface area is 276 Å². The van der Waals surface area contributed by atoms with Crippen LogP contribution in [0.15, 0.2) is 91.0 Å². The number of urea groups is 1. The van der Waals surface area contributed by atoms with E-state index in [2.05, 4.69) is 27.7 Å². The number of aliphatic hydroxyl groups excluding tert-OH is 1. The van der Waals surface area contributed by atoms with Gasteiger partial charge in [0, 0.05) is 44.7 Å². The second-order valence-corrected chi connectivity index (χ2v) is 12.1. The van der Waals surface area contributed by atoms with Crippen LogP contribution in [0.3, 0.4) is 0 Å². The summed E-state index contributed by atoms with van der Waals surface area (Å²) in [4.78, 5) is 14.8. The number of methoxy groups -OCH3 is 2. The third-order valence-electron chi connectivity index (χ3n) is 8.87. The fraction of sp³-hybridized carbons (Fsp3) is 0.342. The summed E-state index contributed by atoms with van der Waals surface area (Å²) in [5.74, 6) is 1.51. The van der Waals surface area contributed by atoms with Gasteiger partial charge in [0.15, 0.2) is 17.8 Å². The molecule has 0 aliphatic carbocycles. The number of carbonyl (C=O) groups excluding carboxylic acids is 1. The monoisotopic (exact) mass is 637 g/mol. The van der Waals surface area contributed by atoms with Crippen LogP contribution in [-0.4, -0.2) is 49.5 Å². The maximum absolute atomic E-state index is 12.4. The van der Waals surface area contributed by atoms with Gasteiger partial charge < -0.3 is 34.7 Å². The molecule has 3 N–H and O–H groups in total. The molecule has 6 rings (SSSR count). The molecule has 0 unspecified atom stereocenters. The smallest absolute Gasteiger partial charge is 0.315 e. The van der Waals surface area contributed by atoms with Gasteiger partial charge in [0.05, 0.1) is 33.0 Å². The van der Waals surface area contributed by atoms with Gasteiger partial charge in [-0.25, -0.2) is 4.79 Å². The number of nitrogens with one attached hydrogen (secondary N) is 2. The molecule has 246 valence electrons. The number of hydrogen-bond acceptors (Lipinski definition) is 7. The average molecular weight is 638 g/mol. The van der Waals surface area contributed by atoms with Crippen LogP contribution in [0.25, 0.3) is 0 Å². The first-order valence-corrected chi connectivity index (χ1v) is 16.1. The van der Waals surface area contributed by atoms with Crippen molar-refractivity contribution in [2.75, 3.05) is 27.3 Å². The molecular weight excluding hydrogens is 594 g/mol. The molecule has 3 atom stereocenters. The highest BCUT2D eigenvalue weighted by Gasteiger charge is 2.34. The Kier molecular flexibility index (Phi) is 10.7. The summed E-state index contributed by atoms with van der Waals surface area (Å²) in [7, 11) is 3.34. The maximum Gasteiger partial charge on any atom is 0.315 e. The molecule has 0 bridgehead atoms. The minimum absolute atomic E-state index is 0.00313. The van der Waals surface area contributed by atoms with E-state index in [4.69, 9.17) is 18.9 Å². The molecule has 2 heterocycles. The van der Waals surface area contributed by atoms with E-state index >= 15 is 0 Å². The lowest BCUT2D eigenvalue weighted by Crippen LogP contribution is -2.41. The number of rotatable bonds is 11. The minimum Gasteiger partial charge on any atom is -0.493 e. The quantitative estimate of drug-likeness (QED) is 0.191. The Hall–Kier alpha value is -4.41.